The van der Waals surface area contributed by atoms with E-state index in [4.69, 9.17) is 10.00 Å². The van der Waals surface area contributed by atoms with E-state index in [-0.39, 0.29) is 0 Å². The molecule has 0 aliphatic heterocycles. The average Bonchev–Trinajstić information content (AvgIpc) is 2.61. The van der Waals surface area contributed by atoms with Gasteiger partial charge in [-0.25, -0.2) is 4.68 Å². The Morgan fingerprint density at radius 1 is 1.64 bits per heavy atom. The molecular weight excluding hydrogens is 180 g/mol. The van der Waals surface area contributed by atoms with E-state index in [0.717, 1.165) is 19.4 Å². The van der Waals surface area contributed by atoms with Crippen LogP contribution in [0.1, 0.15) is 25.5 Å². The third kappa shape index (κ3) is 3.54. The molecule has 1 aromatic heterocycles. The van der Waals surface area contributed by atoms with E-state index in [9.17, 15) is 0 Å². The first-order valence-corrected chi connectivity index (χ1v) is 4.70. The fourth-order valence-electron chi connectivity index (χ4n) is 0.968. The zero-order chi connectivity index (χ0) is 10.2. The Hall–Kier alpha value is -1.41. The third-order valence-electron chi connectivity index (χ3n) is 1.71. The van der Waals surface area contributed by atoms with Gasteiger partial charge in [-0.3, -0.25) is 0 Å². The third-order valence-corrected chi connectivity index (χ3v) is 1.71. The number of ether oxygens (including phenoxy) is 1. The van der Waals surface area contributed by atoms with Gasteiger partial charge >= 0.3 is 0 Å². The fourth-order valence-corrected chi connectivity index (χ4v) is 0.968. The minimum Gasteiger partial charge on any atom is -0.359 e. The van der Waals surface area contributed by atoms with Gasteiger partial charge < -0.3 is 4.74 Å². The van der Waals surface area contributed by atoms with Crippen molar-refractivity contribution in [1.82, 2.24) is 15.0 Å². The van der Waals surface area contributed by atoms with Gasteiger partial charge in [0.15, 0.2) is 0 Å². The summed E-state index contributed by atoms with van der Waals surface area (Å²) in [6.07, 6.45) is 4.21. The van der Waals surface area contributed by atoms with Gasteiger partial charge in [-0.05, 0) is 6.42 Å². The van der Waals surface area contributed by atoms with Crippen molar-refractivity contribution >= 4 is 0 Å². The maximum absolute atomic E-state index is 8.42. The zero-order valence-electron chi connectivity index (χ0n) is 8.31. The van der Waals surface area contributed by atoms with Crippen molar-refractivity contribution in [2.75, 3.05) is 6.61 Å². The van der Waals surface area contributed by atoms with Crippen LogP contribution in [0.4, 0.5) is 0 Å². The zero-order valence-corrected chi connectivity index (χ0v) is 8.31. The summed E-state index contributed by atoms with van der Waals surface area (Å²) in [7, 11) is 0. The lowest BCUT2D eigenvalue weighted by Crippen LogP contribution is -2.04. The molecule has 0 bridgehead atoms. The molecule has 1 heterocycles. The number of rotatable bonds is 6. The van der Waals surface area contributed by atoms with Gasteiger partial charge in [-0.1, -0.05) is 18.6 Å². The Labute approximate surface area is 83.3 Å². The summed E-state index contributed by atoms with van der Waals surface area (Å²) in [5, 5.41) is 16.1. The Morgan fingerprint density at radius 3 is 3.21 bits per heavy atom. The van der Waals surface area contributed by atoms with Gasteiger partial charge in [0, 0.05) is 6.61 Å². The first kappa shape index (κ1) is 10.7. The highest BCUT2D eigenvalue weighted by molar-refractivity contribution is 4.99. The number of unbranched alkanes of at least 4 members (excludes halogenated alkanes) is 1. The lowest BCUT2D eigenvalue weighted by molar-refractivity contribution is 0.0656. The molecule has 14 heavy (non-hydrogen) atoms. The van der Waals surface area contributed by atoms with Gasteiger partial charge in [-0.2, -0.15) is 5.26 Å². The van der Waals surface area contributed by atoms with Gasteiger partial charge in [0.2, 0.25) is 0 Å². The van der Waals surface area contributed by atoms with E-state index >= 15 is 0 Å². The molecule has 0 aliphatic carbocycles. The first-order chi connectivity index (χ1) is 6.86. The second-order valence-electron chi connectivity index (χ2n) is 2.98. The van der Waals surface area contributed by atoms with Gasteiger partial charge in [-0.15, -0.1) is 5.10 Å². The Morgan fingerprint density at radius 2 is 2.50 bits per heavy atom. The molecule has 5 heteroatoms. The van der Waals surface area contributed by atoms with Crippen molar-refractivity contribution in [3.8, 4) is 6.07 Å². The van der Waals surface area contributed by atoms with Crippen LogP contribution in [-0.2, 0) is 17.9 Å². The number of hydrogen-bond donors (Lipinski definition) is 0. The highest BCUT2D eigenvalue weighted by atomic mass is 16.5. The second-order valence-corrected chi connectivity index (χ2v) is 2.98. The normalized spacial score (nSPS) is 10.0. The highest BCUT2D eigenvalue weighted by Gasteiger charge is 1.98. The predicted octanol–water partition coefficient (Wildman–Crippen LogP) is 1.12. The molecule has 0 spiro atoms. The topological polar surface area (TPSA) is 63.7 Å². The van der Waals surface area contributed by atoms with Crippen LogP contribution in [0.3, 0.4) is 0 Å². The molecule has 0 fully saturated rings. The van der Waals surface area contributed by atoms with Crippen molar-refractivity contribution in [2.24, 2.45) is 0 Å². The number of aromatic nitrogens is 3. The van der Waals surface area contributed by atoms with E-state index in [1.807, 2.05) is 6.07 Å². The number of nitrogens with zero attached hydrogens (tertiary/aromatic N) is 4. The average molecular weight is 194 g/mol. The van der Waals surface area contributed by atoms with Crippen LogP contribution in [-0.4, -0.2) is 21.6 Å². The summed E-state index contributed by atoms with van der Waals surface area (Å²) in [5.74, 6) is 0. The minimum atomic E-state index is 0.301. The molecule has 0 N–H and O–H groups in total. The molecule has 1 rings (SSSR count). The second kappa shape index (κ2) is 6.11. The van der Waals surface area contributed by atoms with Crippen molar-refractivity contribution in [3.05, 3.63) is 11.9 Å². The SMILES string of the molecule is CCCCOCn1cc(CC#N)nn1. The van der Waals surface area contributed by atoms with E-state index in [0.29, 0.717) is 18.8 Å². The van der Waals surface area contributed by atoms with Crippen molar-refractivity contribution in [2.45, 2.75) is 32.9 Å². The Kier molecular flexibility index (Phi) is 4.65. The van der Waals surface area contributed by atoms with Crippen LogP contribution in [0.15, 0.2) is 6.20 Å². The van der Waals surface area contributed by atoms with Crippen molar-refractivity contribution in [3.63, 3.8) is 0 Å². The highest BCUT2D eigenvalue weighted by Crippen LogP contribution is 1.95. The Balaban J connectivity index is 2.26. The summed E-state index contributed by atoms with van der Waals surface area (Å²) < 4.78 is 6.93. The lowest BCUT2D eigenvalue weighted by Gasteiger charge is -2.01. The maximum atomic E-state index is 8.42. The van der Waals surface area contributed by atoms with Crippen LogP contribution in [0.5, 0.6) is 0 Å². The molecule has 0 radical (unpaired) electrons. The summed E-state index contributed by atoms with van der Waals surface area (Å²) >= 11 is 0. The summed E-state index contributed by atoms with van der Waals surface area (Å²) in [6.45, 7) is 3.27. The van der Waals surface area contributed by atoms with E-state index in [1.165, 1.54) is 0 Å². The summed E-state index contributed by atoms with van der Waals surface area (Å²) in [4.78, 5) is 0. The lowest BCUT2D eigenvalue weighted by atomic mass is 10.4. The smallest absolute Gasteiger partial charge is 0.141 e. The standard InChI is InChI=1S/C9H14N4O/c1-2-3-6-14-8-13-7-9(4-5-10)11-12-13/h7H,2-4,6,8H2,1H3. The van der Waals surface area contributed by atoms with Crippen LogP contribution in [0.2, 0.25) is 0 Å². The van der Waals surface area contributed by atoms with Crippen molar-refractivity contribution in [1.29, 1.82) is 5.26 Å². The van der Waals surface area contributed by atoms with E-state index in [1.54, 1.807) is 10.9 Å². The molecule has 0 saturated carbocycles. The van der Waals surface area contributed by atoms with E-state index < -0.39 is 0 Å². The minimum absolute atomic E-state index is 0.301. The van der Waals surface area contributed by atoms with E-state index in [2.05, 4.69) is 17.2 Å². The molecule has 0 amide bonds. The quantitative estimate of drug-likeness (QED) is 0.636. The molecule has 5 nitrogen and oxygen atoms in total. The predicted molar refractivity (Wildman–Crippen MR) is 50.2 cm³/mol. The molecular formula is C9H14N4O. The maximum Gasteiger partial charge on any atom is 0.141 e. The molecule has 0 atom stereocenters. The molecule has 0 aliphatic rings. The fraction of sp³-hybridized carbons (Fsp3) is 0.667. The van der Waals surface area contributed by atoms with Gasteiger partial charge in [0.25, 0.3) is 0 Å². The molecule has 1 aromatic rings. The van der Waals surface area contributed by atoms with Crippen molar-refractivity contribution < 1.29 is 4.74 Å². The summed E-state index contributed by atoms with van der Waals surface area (Å²) in [5.41, 5.74) is 0.687. The van der Waals surface area contributed by atoms with Crippen LogP contribution < -0.4 is 0 Å². The van der Waals surface area contributed by atoms with Crippen LogP contribution in [0, 0.1) is 11.3 Å². The monoisotopic (exact) mass is 194 g/mol. The van der Waals surface area contributed by atoms with Gasteiger partial charge in [0.1, 0.15) is 6.73 Å². The molecule has 0 saturated heterocycles. The molecule has 76 valence electrons. The number of hydrogen-bond acceptors (Lipinski definition) is 4. The Bertz CT molecular complexity index is 302. The first-order valence-electron chi connectivity index (χ1n) is 4.70. The summed E-state index contributed by atoms with van der Waals surface area (Å²) in [6, 6.07) is 2.02. The molecule has 0 unspecified atom stereocenters. The van der Waals surface area contributed by atoms with Crippen LogP contribution in [0.25, 0.3) is 0 Å². The van der Waals surface area contributed by atoms with Gasteiger partial charge in [0.05, 0.1) is 24.4 Å². The molecule has 0 aromatic carbocycles. The largest absolute Gasteiger partial charge is 0.359 e. The van der Waals surface area contributed by atoms with Crippen LogP contribution >= 0.6 is 0 Å². The number of nitriles is 1.